The van der Waals surface area contributed by atoms with Crippen molar-refractivity contribution in [1.29, 1.82) is 0 Å². The molecule has 0 spiro atoms. The van der Waals surface area contributed by atoms with Crippen molar-refractivity contribution in [3.63, 3.8) is 0 Å². The second-order valence-corrected chi connectivity index (χ2v) is 6.67. The number of halogens is 1. The molecule has 0 saturated heterocycles. The second-order valence-electron chi connectivity index (χ2n) is 4.58. The average molecular weight is 326 g/mol. The molecular weight excluding hydrogens is 310 g/mol. The Kier molecular flexibility index (Phi) is 4.82. The van der Waals surface area contributed by atoms with Crippen molar-refractivity contribution in [2.24, 2.45) is 0 Å². The highest BCUT2D eigenvalue weighted by molar-refractivity contribution is 7.92. The molecule has 1 heterocycles. The maximum Gasteiger partial charge on any atom is 0.262 e. The number of aryl methyl sites for hydroxylation is 1. The average Bonchev–Trinajstić information content (AvgIpc) is 2.43. The Morgan fingerprint density at radius 3 is 2.67 bits per heavy atom. The topological polar surface area (TPSA) is 71.1 Å². The van der Waals surface area contributed by atoms with E-state index in [1.807, 2.05) is 6.92 Å². The molecule has 2 N–H and O–H groups in total. The Labute approximate surface area is 129 Å². The second kappa shape index (κ2) is 6.43. The van der Waals surface area contributed by atoms with Crippen LogP contribution in [0.4, 0.5) is 5.69 Å². The highest BCUT2D eigenvalue weighted by atomic mass is 35.5. The number of hydrogen-bond acceptors (Lipinski definition) is 4. The van der Waals surface area contributed by atoms with Crippen LogP contribution in [0.2, 0.25) is 5.02 Å². The molecule has 0 fully saturated rings. The van der Waals surface area contributed by atoms with Gasteiger partial charge in [0.15, 0.2) is 0 Å². The number of hydrogen-bond donors (Lipinski definition) is 2. The summed E-state index contributed by atoms with van der Waals surface area (Å²) in [7, 11) is -1.89. The Balaban J connectivity index is 2.32. The number of sulfonamides is 1. The molecule has 0 radical (unpaired) electrons. The molecule has 0 saturated carbocycles. The van der Waals surface area contributed by atoms with E-state index in [-0.39, 0.29) is 4.90 Å². The third kappa shape index (κ3) is 3.72. The summed E-state index contributed by atoms with van der Waals surface area (Å²) in [5, 5.41) is 3.38. The maximum atomic E-state index is 12.4. The van der Waals surface area contributed by atoms with Gasteiger partial charge in [-0.1, -0.05) is 17.7 Å². The van der Waals surface area contributed by atoms with E-state index in [1.54, 1.807) is 25.4 Å². The summed E-state index contributed by atoms with van der Waals surface area (Å²) in [6.07, 6.45) is 3.08. The number of anilines is 1. The molecule has 1 aromatic heterocycles. The van der Waals surface area contributed by atoms with Crippen LogP contribution in [0.5, 0.6) is 0 Å². The first-order chi connectivity index (χ1) is 9.94. The van der Waals surface area contributed by atoms with Gasteiger partial charge in [-0.2, -0.15) is 0 Å². The molecular formula is C14H16ClN3O2S. The molecule has 21 heavy (non-hydrogen) atoms. The first-order valence-corrected chi connectivity index (χ1v) is 8.16. The summed E-state index contributed by atoms with van der Waals surface area (Å²) in [4.78, 5) is 4.04. The third-order valence-corrected chi connectivity index (χ3v) is 4.70. The van der Waals surface area contributed by atoms with Crippen LogP contribution in [-0.4, -0.2) is 20.4 Å². The van der Waals surface area contributed by atoms with Crippen molar-refractivity contribution in [3.8, 4) is 0 Å². The zero-order valence-corrected chi connectivity index (χ0v) is 13.3. The smallest absolute Gasteiger partial charge is 0.262 e. The Morgan fingerprint density at radius 2 is 2.05 bits per heavy atom. The normalized spacial score (nSPS) is 11.4. The lowest BCUT2D eigenvalue weighted by molar-refractivity contribution is 0.601. The van der Waals surface area contributed by atoms with Gasteiger partial charge in [-0.3, -0.25) is 9.71 Å². The van der Waals surface area contributed by atoms with Gasteiger partial charge in [0.25, 0.3) is 10.0 Å². The molecule has 112 valence electrons. The van der Waals surface area contributed by atoms with Crippen LogP contribution in [0, 0.1) is 6.92 Å². The fourth-order valence-corrected chi connectivity index (χ4v) is 3.26. The summed E-state index contributed by atoms with van der Waals surface area (Å²) in [6, 6.07) is 6.42. The van der Waals surface area contributed by atoms with Crippen molar-refractivity contribution in [2.75, 3.05) is 11.8 Å². The van der Waals surface area contributed by atoms with Crippen molar-refractivity contribution in [1.82, 2.24) is 10.3 Å². The standard InChI is InChI=1S/C14H16ClN3O2S/c1-10-5-6-17-9-14(10)18-21(19,20)12-4-3-11(8-16-2)13(15)7-12/h3-7,9,16,18H,8H2,1-2H3. The van der Waals surface area contributed by atoms with E-state index >= 15 is 0 Å². The summed E-state index contributed by atoms with van der Waals surface area (Å²) >= 11 is 6.10. The zero-order chi connectivity index (χ0) is 15.5. The highest BCUT2D eigenvalue weighted by Crippen LogP contribution is 2.23. The first kappa shape index (κ1) is 15.8. The largest absolute Gasteiger partial charge is 0.316 e. The van der Waals surface area contributed by atoms with E-state index in [0.717, 1.165) is 11.1 Å². The number of pyridine rings is 1. The Morgan fingerprint density at radius 1 is 1.29 bits per heavy atom. The Hall–Kier alpha value is -1.63. The van der Waals surface area contributed by atoms with Gasteiger partial charge in [0.1, 0.15) is 0 Å². The number of rotatable bonds is 5. The molecule has 0 aliphatic rings. The summed E-state index contributed by atoms with van der Waals surface area (Å²) < 4.78 is 27.2. The van der Waals surface area contributed by atoms with E-state index < -0.39 is 10.0 Å². The predicted molar refractivity (Wildman–Crippen MR) is 84.0 cm³/mol. The fraction of sp³-hybridized carbons (Fsp3) is 0.214. The number of nitrogens with zero attached hydrogens (tertiary/aromatic N) is 1. The molecule has 2 aromatic rings. The van der Waals surface area contributed by atoms with E-state index in [0.29, 0.717) is 17.3 Å². The minimum absolute atomic E-state index is 0.121. The summed E-state index contributed by atoms with van der Waals surface area (Å²) in [6.45, 7) is 2.39. The molecule has 0 bridgehead atoms. The minimum Gasteiger partial charge on any atom is -0.316 e. The van der Waals surface area contributed by atoms with E-state index in [2.05, 4.69) is 15.0 Å². The van der Waals surface area contributed by atoms with Crippen LogP contribution >= 0.6 is 11.6 Å². The molecule has 0 amide bonds. The lowest BCUT2D eigenvalue weighted by Crippen LogP contribution is -2.14. The quantitative estimate of drug-likeness (QED) is 0.886. The monoisotopic (exact) mass is 325 g/mol. The van der Waals surface area contributed by atoms with Crippen molar-refractivity contribution >= 4 is 27.3 Å². The van der Waals surface area contributed by atoms with Crippen molar-refractivity contribution in [2.45, 2.75) is 18.4 Å². The molecule has 1 aromatic carbocycles. The molecule has 7 heteroatoms. The lowest BCUT2D eigenvalue weighted by Gasteiger charge is -2.11. The van der Waals surface area contributed by atoms with Gasteiger partial charge in [0, 0.05) is 17.8 Å². The van der Waals surface area contributed by atoms with Crippen LogP contribution in [0.15, 0.2) is 41.6 Å². The number of aromatic nitrogens is 1. The van der Waals surface area contributed by atoms with Crippen molar-refractivity contribution < 1.29 is 8.42 Å². The van der Waals surface area contributed by atoms with Gasteiger partial charge in [-0.15, -0.1) is 0 Å². The molecule has 0 unspecified atom stereocenters. The summed E-state index contributed by atoms with van der Waals surface area (Å²) in [5.74, 6) is 0. The maximum absolute atomic E-state index is 12.4. The zero-order valence-electron chi connectivity index (χ0n) is 11.7. The minimum atomic E-state index is -3.68. The molecule has 0 aliphatic heterocycles. The summed E-state index contributed by atoms with van der Waals surface area (Å²) in [5.41, 5.74) is 2.09. The van der Waals surface area contributed by atoms with Crippen LogP contribution in [-0.2, 0) is 16.6 Å². The van der Waals surface area contributed by atoms with Gasteiger partial charge in [-0.05, 0) is 43.3 Å². The predicted octanol–water partition coefficient (Wildman–Crippen LogP) is 2.56. The van der Waals surface area contributed by atoms with E-state index in [9.17, 15) is 8.42 Å². The van der Waals surface area contributed by atoms with Gasteiger partial charge < -0.3 is 5.32 Å². The van der Waals surface area contributed by atoms with Crippen LogP contribution < -0.4 is 10.0 Å². The van der Waals surface area contributed by atoms with Crippen LogP contribution in [0.1, 0.15) is 11.1 Å². The van der Waals surface area contributed by atoms with Gasteiger partial charge in [0.05, 0.1) is 16.8 Å². The molecule has 0 aliphatic carbocycles. The van der Waals surface area contributed by atoms with Gasteiger partial charge in [-0.25, -0.2) is 8.42 Å². The highest BCUT2D eigenvalue weighted by Gasteiger charge is 2.16. The van der Waals surface area contributed by atoms with Gasteiger partial charge in [0.2, 0.25) is 0 Å². The van der Waals surface area contributed by atoms with E-state index in [1.165, 1.54) is 18.3 Å². The number of benzene rings is 1. The third-order valence-electron chi connectivity index (χ3n) is 2.99. The molecule has 2 rings (SSSR count). The SMILES string of the molecule is CNCc1ccc(S(=O)(=O)Nc2cnccc2C)cc1Cl. The van der Waals surface area contributed by atoms with Crippen LogP contribution in [0.3, 0.4) is 0 Å². The van der Waals surface area contributed by atoms with E-state index in [4.69, 9.17) is 11.6 Å². The lowest BCUT2D eigenvalue weighted by atomic mass is 10.2. The first-order valence-electron chi connectivity index (χ1n) is 6.30. The molecule has 5 nitrogen and oxygen atoms in total. The van der Waals surface area contributed by atoms with Crippen LogP contribution in [0.25, 0.3) is 0 Å². The van der Waals surface area contributed by atoms with Gasteiger partial charge >= 0.3 is 0 Å². The Bertz CT molecular complexity index is 748. The van der Waals surface area contributed by atoms with Crippen molar-refractivity contribution in [3.05, 3.63) is 52.8 Å². The number of nitrogens with one attached hydrogen (secondary N) is 2. The fourth-order valence-electron chi connectivity index (χ4n) is 1.80. The molecule has 0 atom stereocenters.